The normalized spacial score (nSPS) is 18.1. The van der Waals surface area contributed by atoms with Crippen LogP contribution in [0, 0.1) is 0 Å². The standard InChI is InChI=1S/C22H19N3O5/c26-12-13-1-4-15(5-2-13)20(28)23-10-14-3-6-17-16(9-14)11-25(22(17)30)18-7-8-19(27)24-21(18)29/h1-6,9,12,18H,7-8,10-11H2,(H,23,28)(H,24,27,29). The smallest absolute Gasteiger partial charge is 0.255 e. The molecule has 30 heavy (non-hydrogen) atoms. The topological polar surface area (TPSA) is 113 Å². The minimum atomic E-state index is -0.653. The lowest BCUT2D eigenvalue weighted by molar-refractivity contribution is -0.136. The van der Waals surface area contributed by atoms with Gasteiger partial charge < -0.3 is 10.2 Å². The summed E-state index contributed by atoms with van der Waals surface area (Å²) in [5, 5.41) is 5.10. The van der Waals surface area contributed by atoms with Gasteiger partial charge >= 0.3 is 0 Å². The highest BCUT2D eigenvalue weighted by atomic mass is 16.2. The number of fused-ring (bicyclic) bond motifs is 1. The minimum absolute atomic E-state index is 0.210. The number of benzene rings is 2. The molecule has 0 radical (unpaired) electrons. The van der Waals surface area contributed by atoms with Gasteiger partial charge in [0.2, 0.25) is 11.8 Å². The van der Waals surface area contributed by atoms with Crippen LogP contribution in [0.25, 0.3) is 0 Å². The van der Waals surface area contributed by atoms with Crippen molar-refractivity contribution in [3.63, 3.8) is 0 Å². The second kappa shape index (κ2) is 7.90. The second-order valence-electron chi connectivity index (χ2n) is 7.31. The Kier molecular flexibility index (Phi) is 5.14. The molecule has 2 N–H and O–H groups in total. The lowest BCUT2D eigenvalue weighted by Crippen LogP contribution is -2.52. The van der Waals surface area contributed by atoms with Gasteiger partial charge in [-0.2, -0.15) is 0 Å². The molecule has 0 aromatic heterocycles. The van der Waals surface area contributed by atoms with Crippen molar-refractivity contribution >= 4 is 29.9 Å². The van der Waals surface area contributed by atoms with Crippen molar-refractivity contribution in [3.05, 3.63) is 70.3 Å². The third-order valence-corrected chi connectivity index (χ3v) is 5.35. The third kappa shape index (κ3) is 3.71. The first-order valence-corrected chi connectivity index (χ1v) is 9.56. The fraction of sp³-hybridized carbons (Fsp3) is 0.227. The van der Waals surface area contributed by atoms with E-state index in [4.69, 9.17) is 0 Å². The van der Waals surface area contributed by atoms with E-state index in [1.807, 2.05) is 6.07 Å². The molecule has 152 valence electrons. The molecule has 8 nitrogen and oxygen atoms in total. The average Bonchev–Trinajstić information content (AvgIpc) is 3.07. The highest BCUT2D eigenvalue weighted by molar-refractivity contribution is 6.05. The number of piperidine rings is 1. The number of rotatable bonds is 5. The summed E-state index contributed by atoms with van der Waals surface area (Å²) in [6, 6.07) is 11.0. The summed E-state index contributed by atoms with van der Waals surface area (Å²) in [6.07, 6.45) is 1.24. The fourth-order valence-corrected chi connectivity index (χ4v) is 3.74. The molecule has 1 unspecified atom stereocenters. The number of carbonyl (C=O) groups excluding carboxylic acids is 5. The van der Waals surface area contributed by atoms with Crippen LogP contribution in [0.1, 0.15) is 55.0 Å². The summed E-state index contributed by atoms with van der Waals surface area (Å²) >= 11 is 0. The number of hydrogen-bond acceptors (Lipinski definition) is 5. The summed E-state index contributed by atoms with van der Waals surface area (Å²) < 4.78 is 0. The Morgan fingerprint density at radius 3 is 2.60 bits per heavy atom. The summed E-state index contributed by atoms with van der Waals surface area (Å²) in [4.78, 5) is 60.7. The zero-order valence-corrected chi connectivity index (χ0v) is 16.0. The van der Waals surface area contributed by atoms with E-state index in [0.717, 1.165) is 11.1 Å². The van der Waals surface area contributed by atoms with Gasteiger partial charge in [-0.1, -0.05) is 24.3 Å². The molecule has 2 aliphatic rings. The third-order valence-electron chi connectivity index (χ3n) is 5.35. The molecule has 0 bridgehead atoms. The van der Waals surface area contributed by atoms with Gasteiger partial charge in [-0.3, -0.25) is 29.3 Å². The first-order valence-electron chi connectivity index (χ1n) is 9.56. The van der Waals surface area contributed by atoms with E-state index >= 15 is 0 Å². The first kappa shape index (κ1) is 19.5. The molecule has 2 aromatic carbocycles. The van der Waals surface area contributed by atoms with Crippen LogP contribution in [0.15, 0.2) is 42.5 Å². The summed E-state index contributed by atoms with van der Waals surface area (Å²) in [7, 11) is 0. The van der Waals surface area contributed by atoms with Crippen LogP contribution < -0.4 is 10.6 Å². The Balaban J connectivity index is 1.42. The molecule has 2 aliphatic heterocycles. The molecular formula is C22H19N3O5. The number of hydrogen-bond donors (Lipinski definition) is 2. The Morgan fingerprint density at radius 2 is 1.90 bits per heavy atom. The maximum absolute atomic E-state index is 12.7. The van der Waals surface area contributed by atoms with Gasteiger partial charge in [-0.15, -0.1) is 0 Å². The van der Waals surface area contributed by atoms with Crippen LogP contribution >= 0.6 is 0 Å². The van der Waals surface area contributed by atoms with Crippen LogP contribution in [-0.2, 0) is 22.7 Å². The van der Waals surface area contributed by atoms with Crippen molar-refractivity contribution in [2.24, 2.45) is 0 Å². The summed E-state index contributed by atoms with van der Waals surface area (Å²) in [5.74, 6) is -1.26. The van der Waals surface area contributed by atoms with Gasteiger partial charge in [0.1, 0.15) is 12.3 Å². The monoisotopic (exact) mass is 405 g/mol. The molecule has 4 amide bonds. The Bertz CT molecular complexity index is 1060. The van der Waals surface area contributed by atoms with Crippen molar-refractivity contribution in [2.75, 3.05) is 0 Å². The lowest BCUT2D eigenvalue weighted by Gasteiger charge is -2.29. The quantitative estimate of drug-likeness (QED) is 0.573. The van der Waals surface area contributed by atoms with Crippen LogP contribution in [0.5, 0.6) is 0 Å². The zero-order valence-electron chi connectivity index (χ0n) is 16.0. The van der Waals surface area contributed by atoms with Crippen molar-refractivity contribution in [1.29, 1.82) is 0 Å². The van der Waals surface area contributed by atoms with Crippen LogP contribution in [-0.4, -0.2) is 40.9 Å². The molecule has 1 atom stereocenters. The zero-order chi connectivity index (χ0) is 21.3. The number of imide groups is 1. The van der Waals surface area contributed by atoms with Crippen LogP contribution in [0.3, 0.4) is 0 Å². The van der Waals surface area contributed by atoms with Gasteiger partial charge in [0.05, 0.1) is 0 Å². The van der Waals surface area contributed by atoms with E-state index in [9.17, 15) is 24.0 Å². The highest BCUT2D eigenvalue weighted by Gasteiger charge is 2.39. The lowest BCUT2D eigenvalue weighted by atomic mass is 10.0. The van der Waals surface area contributed by atoms with E-state index in [0.29, 0.717) is 29.4 Å². The van der Waals surface area contributed by atoms with Gasteiger partial charge in [-0.05, 0) is 35.7 Å². The van der Waals surface area contributed by atoms with Crippen molar-refractivity contribution in [1.82, 2.24) is 15.5 Å². The maximum Gasteiger partial charge on any atom is 0.255 e. The van der Waals surface area contributed by atoms with Crippen molar-refractivity contribution in [3.8, 4) is 0 Å². The highest BCUT2D eigenvalue weighted by Crippen LogP contribution is 2.28. The van der Waals surface area contributed by atoms with Crippen LogP contribution in [0.4, 0.5) is 0 Å². The average molecular weight is 405 g/mol. The molecule has 1 saturated heterocycles. The largest absolute Gasteiger partial charge is 0.348 e. The molecule has 0 saturated carbocycles. The van der Waals surface area contributed by atoms with E-state index in [1.165, 1.54) is 4.90 Å². The van der Waals surface area contributed by atoms with E-state index in [-0.39, 0.29) is 37.2 Å². The molecule has 0 aliphatic carbocycles. The van der Waals surface area contributed by atoms with Crippen molar-refractivity contribution < 1.29 is 24.0 Å². The molecule has 8 heteroatoms. The minimum Gasteiger partial charge on any atom is -0.348 e. The van der Waals surface area contributed by atoms with Crippen LogP contribution in [0.2, 0.25) is 0 Å². The first-order chi connectivity index (χ1) is 14.5. The SMILES string of the molecule is O=Cc1ccc(C(=O)NCc2ccc3c(c2)CN(C2CCC(=O)NC2=O)C3=O)cc1. The molecule has 2 heterocycles. The predicted molar refractivity (Wildman–Crippen MR) is 105 cm³/mol. The Labute approximate surface area is 172 Å². The maximum atomic E-state index is 12.7. The fourth-order valence-electron chi connectivity index (χ4n) is 3.74. The number of amides is 4. The summed E-state index contributed by atoms with van der Waals surface area (Å²) in [5.41, 5.74) is 3.08. The number of carbonyl (C=O) groups is 5. The van der Waals surface area contributed by atoms with Gasteiger partial charge in [-0.25, -0.2) is 0 Å². The van der Waals surface area contributed by atoms with Gasteiger partial charge in [0.15, 0.2) is 0 Å². The van der Waals surface area contributed by atoms with E-state index in [2.05, 4.69) is 10.6 Å². The van der Waals surface area contributed by atoms with E-state index in [1.54, 1.807) is 36.4 Å². The number of nitrogens with zero attached hydrogens (tertiary/aromatic N) is 1. The molecular weight excluding hydrogens is 386 g/mol. The predicted octanol–water partition coefficient (Wildman–Crippen LogP) is 1.19. The summed E-state index contributed by atoms with van der Waals surface area (Å²) in [6.45, 7) is 0.559. The molecule has 1 fully saturated rings. The number of nitrogens with one attached hydrogen (secondary N) is 2. The van der Waals surface area contributed by atoms with Crippen molar-refractivity contribution in [2.45, 2.75) is 32.0 Å². The molecule has 4 rings (SSSR count). The van der Waals surface area contributed by atoms with Gasteiger partial charge in [0.25, 0.3) is 11.8 Å². The Morgan fingerprint density at radius 1 is 1.13 bits per heavy atom. The molecule has 0 spiro atoms. The van der Waals surface area contributed by atoms with Gasteiger partial charge in [0, 0.05) is 36.2 Å². The van der Waals surface area contributed by atoms with E-state index < -0.39 is 11.9 Å². The number of aldehydes is 1. The second-order valence-corrected chi connectivity index (χ2v) is 7.31. The Hall–Kier alpha value is -3.81. The molecule has 2 aromatic rings.